The number of rotatable bonds is 3. The molecular weight excluding hydrogens is 214 g/mol. The van der Waals surface area contributed by atoms with Gasteiger partial charge in [0.1, 0.15) is 5.78 Å². The Labute approximate surface area is 105 Å². The first-order valence-corrected chi connectivity index (χ1v) is 6.96. The Hall–Kier alpha value is -0.410. The van der Waals surface area contributed by atoms with E-state index >= 15 is 0 Å². The van der Waals surface area contributed by atoms with Crippen LogP contribution in [0.2, 0.25) is 0 Å². The molecule has 1 heterocycles. The number of hydrogen-bond donors (Lipinski definition) is 0. The molecule has 0 aromatic heterocycles. The van der Waals surface area contributed by atoms with E-state index in [0.717, 1.165) is 32.5 Å². The van der Waals surface area contributed by atoms with Crippen molar-refractivity contribution in [2.75, 3.05) is 26.2 Å². The highest BCUT2D eigenvalue weighted by Gasteiger charge is 2.30. The maximum absolute atomic E-state index is 12.2. The molecule has 0 aromatic rings. The second-order valence-corrected chi connectivity index (χ2v) is 6.12. The van der Waals surface area contributed by atoms with Crippen molar-refractivity contribution in [2.24, 2.45) is 5.92 Å². The van der Waals surface area contributed by atoms with Gasteiger partial charge in [0.25, 0.3) is 0 Å². The van der Waals surface area contributed by atoms with Gasteiger partial charge in [-0.05, 0) is 26.7 Å². The third-order valence-corrected chi connectivity index (χ3v) is 3.94. The van der Waals surface area contributed by atoms with Crippen molar-refractivity contribution in [3.05, 3.63) is 0 Å². The van der Waals surface area contributed by atoms with Gasteiger partial charge in [-0.1, -0.05) is 19.3 Å². The Balaban J connectivity index is 1.81. The highest BCUT2D eigenvalue weighted by Crippen LogP contribution is 2.25. The molecule has 0 bridgehead atoms. The predicted molar refractivity (Wildman–Crippen MR) is 68.1 cm³/mol. The quantitative estimate of drug-likeness (QED) is 0.756. The standard InChI is InChI=1S/C14H25NO2/c1-14(2)11-15(8-9-17-14)10-13(16)12-6-4-3-5-7-12/h12H,3-11H2,1-2H3. The van der Waals surface area contributed by atoms with Gasteiger partial charge in [0.2, 0.25) is 0 Å². The Bertz CT molecular complexity index is 269. The highest BCUT2D eigenvalue weighted by molar-refractivity contribution is 5.83. The predicted octanol–water partition coefficient (Wildman–Crippen LogP) is 2.25. The third-order valence-electron chi connectivity index (χ3n) is 3.94. The summed E-state index contributed by atoms with van der Waals surface area (Å²) in [6.45, 7) is 7.38. The molecule has 0 amide bonds. The lowest BCUT2D eigenvalue weighted by molar-refractivity contribution is -0.129. The van der Waals surface area contributed by atoms with Gasteiger partial charge >= 0.3 is 0 Å². The van der Waals surface area contributed by atoms with Crippen molar-refractivity contribution in [3.8, 4) is 0 Å². The molecule has 1 aliphatic heterocycles. The number of Topliss-reactive ketones (excluding diaryl/α,β-unsaturated/α-hetero) is 1. The van der Waals surface area contributed by atoms with Crippen LogP contribution in [0.5, 0.6) is 0 Å². The van der Waals surface area contributed by atoms with Crippen molar-refractivity contribution in [3.63, 3.8) is 0 Å². The van der Waals surface area contributed by atoms with E-state index in [1.807, 2.05) is 0 Å². The van der Waals surface area contributed by atoms with E-state index in [-0.39, 0.29) is 5.60 Å². The fraction of sp³-hybridized carbons (Fsp3) is 0.929. The number of ketones is 1. The molecule has 3 nitrogen and oxygen atoms in total. The van der Waals surface area contributed by atoms with E-state index in [2.05, 4.69) is 18.7 Å². The van der Waals surface area contributed by atoms with Crippen LogP contribution in [0.4, 0.5) is 0 Å². The van der Waals surface area contributed by atoms with E-state index in [9.17, 15) is 4.79 Å². The van der Waals surface area contributed by atoms with E-state index in [1.54, 1.807) is 0 Å². The first-order chi connectivity index (χ1) is 8.07. The van der Waals surface area contributed by atoms with Crippen molar-refractivity contribution < 1.29 is 9.53 Å². The zero-order chi connectivity index (χ0) is 12.3. The van der Waals surface area contributed by atoms with Crippen LogP contribution in [-0.2, 0) is 9.53 Å². The summed E-state index contributed by atoms with van der Waals surface area (Å²) in [5.41, 5.74) is -0.0922. The Kier molecular flexibility index (Phi) is 4.21. The van der Waals surface area contributed by atoms with Gasteiger partial charge in [-0.15, -0.1) is 0 Å². The smallest absolute Gasteiger partial charge is 0.149 e. The van der Waals surface area contributed by atoms with Crippen molar-refractivity contribution in [1.29, 1.82) is 0 Å². The zero-order valence-corrected chi connectivity index (χ0v) is 11.2. The second kappa shape index (κ2) is 5.49. The van der Waals surface area contributed by atoms with Gasteiger partial charge < -0.3 is 4.74 Å². The lowest BCUT2D eigenvalue weighted by atomic mass is 9.86. The average molecular weight is 239 g/mol. The number of carbonyl (C=O) groups is 1. The summed E-state index contributed by atoms with van der Waals surface area (Å²) in [4.78, 5) is 14.5. The lowest BCUT2D eigenvalue weighted by Crippen LogP contribution is -2.50. The van der Waals surface area contributed by atoms with Crippen LogP contribution in [0.25, 0.3) is 0 Å². The first kappa shape index (κ1) is 13.0. The molecule has 0 N–H and O–H groups in total. The fourth-order valence-corrected chi connectivity index (χ4v) is 3.02. The molecule has 1 saturated carbocycles. The highest BCUT2D eigenvalue weighted by atomic mass is 16.5. The summed E-state index contributed by atoms with van der Waals surface area (Å²) in [7, 11) is 0. The van der Waals surface area contributed by atoms with Crippen LogP contribution >= 0.6 is 0 Å². The molecule has 0 radical (unpaired) electrons. The van der Waals surface area contributed by atoms with Gasteiger partial charge in [-0.2, -0.15) is 0 Å². The fourth-order valence-electron chi connectivity index (χ4n) is 3.02. The molecule has 2 fully saturated rings. The number of nitrogens with zero attached hydrogens (tertiary/aromatic N) is 1. The molecule has 2 rings (SSSR count). The topological polar surface area (TPSA) is 29.5 Å². The maximum atomic E-state index is 12.2. The largest absolute Gasteiger partial charge is 0.373 e. The molecule has 0 aromatic carbocycles. The van der Waals surface area contributed by atoms with Crippen LogP contribution < -0.4 is 0 Å². The van der Waals surface area contributed by atoms with Crippen LogP contribution in [0.1, 0.15) is 46.0 Å². The lowest BCUT2D eigenvalue weighted by Gasteiger charge is -2.38. The van der Waals surface area contributed by atoms with E-state index < -0.39 is 0 Å². The molecule has 0 atom stereocenters. The minimum atomic E-state index is -0.0922. The summed E-state index contributed by atoms with van der Waals surface area (Å²) in [6.07, 6.45) is 6.03. The van der Waals surface area contributed by atoms with E-state index in [1.165, 1.54) is 19.3 Å². The first-order valence-electron chi connectivity index (χ1n) is 6.96. The Morgan fingerprint density at radius 2 is 2.00 bits per heavy atom. The van der Waals surface area contributed by atoms with E-state index in [4.69, 9.17) is 4.74 Å². The summed E-state index contributed by atoms with van der Waals surface area (Å²) in [5, 5.41) is 0. The third kappa shape index (κ3) is 3.78. The van der Waals surface area contributed by atoms with Gasteiger partial charge in [-0.3, -0.25) is 9.69 Å². The van der Waals surface area contributed by atoms with E-state index in [0.29, 0.717) is 18.2 Å². The molecule has 0 unspecified atom stereocenters. The van der Waals surface area contributed by atoms with Crippen molar-refractivity contribution in [2.45, 2.75) is 51.6 Å². The van der Waals surface area contributed by atoms with Crippen LogP contribution in [-0.4, -0.2) is 42.5 Å². The van der Waals surface area contributed by atoms with Gasteiger partial charge in [0.15, 0.2) is 0 Å². The maximum Gasteiger partial charge on any atom is 0.149 e. The minimum Gasteiger partial charge on any atom is -0.373 e. The molecule has 3 heteroatoms. The summed E-state index contributed by atoms with van der Waals surface area (Å²) < 4.78 is 5.67. The Morgan fingerprint density at radius 1 is 1.29 bits per heavy atom. The molecule has 0 spiro atoms. The second-order valence-electron chi connectivity index (χ2n) is 6.12. The average Bonchev–Trinajstić information content (AvgIpc) is 2.29. The molecule has 1 aliphatic carbocycles. The number of morpholine rings is 1. The summed E-state index contributed by atoms with van der Waals surface area (Å²) in [6, 6.07) is 0. The molecular formula is C14H25NO2. The SMILES string of the molecule is CC1(C)CN(CC(=O)C2CCCCC2)CCO1. The zero-order valence-electron chi connectivity index (χ0n) is 11.2. The Morgan fingerprint density at radius 3 is 2.65 bits per heavy atom. The monoisotopic (exact) mass is 239 g/mol. The van der Waals surface area contributed by atoms with Crippen LogP contribution in [0, 0.1) is 5.92 Å². The number of carbonyl (C=O) groups excluding carboxylic acids is 1. The molecule has 17 heavy (non-hydrogen) atoms. The normalized spacial score (nSPS) is 26.9. The summed E-state index contributed by atoms with van der Waals surface area (Å²) in [5.74, 6) is 0.803. The molecule has 98 valence electrons. The van der Waals surface area contributed by atoms with Gasteiger partial charge in [0, 0.05) is 19.0 Å². The van der Waals surface area contributed by atoms with Crippen LogP contribution in [0.15, 0.2) is 0 Å². The summed E-state index contributed by atoms with van der Waals surface area (Å²) >= 11 is 0. The number of ether oxygens (including phenoxy) is 1. The molecule has 1 saturated heterocycles. The van der Waals surface area contributed by atoms with Crippen molar-refractivity contribution >= 4 is 5.78 Å². The van der Waals surface area contributed by atoms with Gasteiger partial charge in [-0.25, -0.2) is 0 Å². The molecule has 2 aliphatic rings. The minimum absolute atomic E-state index is 0.0922. The van der Waals surface area contributed by atoms with Gasteiger partial charge in [0.05, 0.1) is 18.8 Å². The van der Waals surface area contributed by atoms with Crippen molar-refractivity contribution in [1.82, 2.24) is 4.90 Å². The number of hydrogen-bond acceptors (Lipinski definition) is 3. The van der Waals surface area contributed by atoms with Crippen LogP contribution in [0.3, 0.4) is 0 Å².